The fourth-order valence-corrected chi connectivity index (χ4v) is 1.34. The van der Waals surface area contributed by atoms with E-state index in [1.54, 1.807) is 0 Å². The first-order valence-corrected chi connectivity index (χ1v) is 5.44. The van der Waals surface area contributed by atoms with Gasteiger partial charge in [0.1, 0.15) is 6.73 Å². The summed E-state index contributed by atoms with van der Waals surface area (Å²) in [5.74, 6) is -0.367. The van der Waals surface area contributed by atoms with E-state index in [1.165, 1.54) is 20.2 Å². The minimum Gasteiger partial charge on any atom is -0.382 e. The minimum atomic E-state index is -0.819. The SMILES string of the molecule is COCCOCn1cc(C(C)=O)cc([N+](=O)[O-])c1=O. The molecule has 0 aliphatic rings. The Morgan fingerprint density at radius 1 is 1.47 bits per heavy atom. The third-order valence-electron chi connectivity index (χ3n) is 2.33. The van der Waals surface area contributed by atoms with Gasteiger partial charge in [-0.15, -0.1) is 0 Å². The second-order valence-corrected chi connectivity index (χ2v) is 3.73. The third kappa shape index (κ3) is 3.97. The van der Waals surface area contributed by atoms with Crippen LogP contribution in [0.25, 0.3) is 0 Å². The smallest absolute Gasteiger partial charge is 0.334 e. The van der Waals surface area contributed by atoms with Crippen LogP contribution in [0.5, 0.6) is 0 Å². The van der Waals surface area contributed by atoms with E-state index in [0.29, 0.717) is 6.61 Å². The predicted octanol–water partition coefficient (Wildman–Crippen LogP) is 0.580. The first kappa shape index (κ1) is 15.0. The standard InChI is InChI=1S/C11H14N2O6/c1-8(14)9-5-10(13(16)17)11(15)12(6-9)7-19-4-3-18-2/h5-6H,3-4,7H2,1-2H3. The lowest BCUT2D eigenvalue weighted by Crippen LogP contribution is -2.25. The van der Waals surface area contributed by atoms with Crippen LogP contribution in [-0.2, 0) is 16.2 Å². The van der Waals surface area contributed by atoms with Gasteiger partial charge in [-0.05, 0) is 6.92 Å². The van der Waals surface area contributed by atoms with Crippen LogP contribution in [0.15, 0.2) is 17.1 Å². The zero-order valence-electron chi connectivity index (χ0n) is 10.6. The molecule has 0 N–H and O–H groups in total. The summed E-state index contributed by atoms with van der Waals surface area (Å²) >= 11 is 0. The van der Waals surface area contributed by atoms with Crippen LogP contribution >= 0.6 is 0 Å². The second-order valence-electron chi connectivity index (χ2n) is 3.73. The molecule has 0 spiro atoms. The fraction of sp³-hybridized carbons (Fsp3) is 0.455. The Kier molecular flexibility index (Phi) is 5.34. The Bertz CT molecular complexity index is 536. The Hall–Kier alpha value is -2.06. The molecule has 1 aromatic rings. The summed E-state index contributed by atoms with van der Waals surface area (Å²) in [6, 6.07) is 0.969. The van der Waals surface area contributed by atoms with Crippen LogP contribution in [-0.4, -0.2) is 35.6 Å². The van der Waals surface area contributed by atoms with Crippen molar-refractivity contribution in [3.8, 4) is 0 Å². The summed E-state index contributed by atoms with van der Waals surface area (Å²) in [5.41, 5.74) is -1.38. The quantitative estimate of drug-likeness (QED) is 0.311. The largest absolute Gasteiger partial charge is 0.382 e. The number of Topliss-reactive ketones (excluding diaryl/α,β-unsaturated/α-hetero) is 1. The van der Waals surface area contributed by atoms with E-state index in [-0.39, 0.29) is 24.7 Å². The Morgan fingerprint density at radius 2 is 2.16 bits per heavy atom. The van der Waals surface area contributed by atoms with Gasteiger partial charge >= 0.3 is 11.2 Å². The number of carbonyl (C=O) groups is 1. The zero-order valence-corrected chi connectivity index (χ0v) is 10.6. The summed E-state index contributed by atoms with van der Waals surface area (Å²) in [4.78, 5) is 32.9. The predicted molar refractivity (Wildman–Crippen MR) is 65.2 cm³/mol. The van der Waals surface area contributed by atoms with Crippen molar-refractivity contribution in [2.75, 3.05) is 20.3 Å². The van der Waals surface area contributed by atoms with E-state index in [4.69, 9.17) is 9.47 Å². The van der Waals surface area contributed by atoms with Crippen molar-refractivity contribution in [1.29, 1.82) is 0 Å². The maximum absolute atomic E-state index is 11.7. The molecular weight excluding hydrogens is 256 g/mol. The first-order chi connectivity index (χ1) is 8.97. The third-order valence-corrected chi connectivity index (χ3v) is 2.33. The molecule has 0 radical (unpaired) electrons. The van der Waals surface area contributed by atoms with Gasteiger partial charge in [-0.2, -0.15) is 0 Å². The van der Waals surface area contributed by atoms with Gasteiger partial charge in [0.15, 0.2) is 5.78 Å². The van der Waals surface area contributed by atoms with Crippen LogP contribution in [0.2, 0.25) is 0 Å². The molecular formula is C11H14N2O6. The van der Waals surface area contributed by atoms with Crippen molar-refractivity contribution in [3.63, 3.8) is 0 Å². The van der Waals surface area contributed by atoms with Gasteiger partial charge < -0.3 is 9.47 Å². The number of methoxy groups -OCH3 is 1. The molecule has 0 amide bonds. The molecule has 0 saturated heterocycles. The van der Waals surface area contributed by atoms with Crippen molar-refractivity contribution in [1.82, 2.24) is 4.57 Å². The van der Waals surface area contributed by atoms with E-state index in [2.05, 4.69) is 0 Å². The molecule has 0 bridgehead atoms. The van der Waals surface area contributed by atoms with E-state index >= 15 is 0 Å². The molecule has 1 heterocycles. The highest BCUT2D eigenvalue weighted by molar-refractivity contribution is 5.94. The summed E-state index contributed by atoms with van der Waals surface area (Å²) in [7, 11) is 1.50. The number of rotatable bonds is 7. The highest BCUT2D eigenvalue weighted by Crippen LogP contribution is 2.08. The molecule has 8 nitrogen and oxygen atoms in total. The number of carbonyl (C=O) groups excluding carboxylic acids is 1. The van der Waals surface area contributed by atoms with E-state index in [9.17, 15) is 19.7 Å². The fourth-order valence-electron chi connectivity index (χ4n) is 1.34. The van der Waals surface area contributed by atoms with Crippen LogP contribution < -0.4 is 5.56 Å². The van der Waals surface area contributed by atoms with Gasteiger partial charge in [0.05, 0.1) is 18.1 Å². The molecule has 0 atom stereocenters. The molecule has 0 aliphatic heterocycles. The van der Waals surface area contributed by atoms with Gasteiger partial charge in [-0.1, -0.05) is 0 Å². The Morgan fingerprint density at radius 3 is 2.68 bits per heavy atom. The van der Waals surface area contributed by atoms with Gasteiger partial charge in [0.2, 0.25) is 0 Å². The van der Waals surface area contributed by atoms with Gasteiger partial charge in [0, 0.05) is 24.9 Å². The summed E-state index contributed by atoms with van der Waals surface area (Å²) in [6.07, 6.45) is 1.24. The Labute approximate surface area is 108 Å². The zero-order chi connectivity index (χ0) is 14.4. The van der Waals surface area contributed by atoms with Crippen molar-refractivity contribution in [3.05, 3.63) is 38.3 Å². The molecule has 104 valence electrons. The maximum atomic E-state index is 11.7. The van der Waals surface area contributed by atoms with Crippen LogP contribution in [0.1, 0.15) is 17.3 Å². The number of pyridine rings is 1. The number of nitrogens with zero attached hydrogens (tertiary/aromatic N) is 2. The van der Waals surface area contributed by atoms with Crippen LogP contribution in [0.4, 0.5) is 5.69 Å². The number of aromatic nitrogens is 1. The number of hydrogen-bond donors (Lipinski definition) is 0. The summed E-state index contributed by atoms with van der Waals surface area (Å²) in [5, 5.41) is 10.7. The normalized spacial score (nSPS) is 10.4. The molecule has 1 rings (SSSR count). The van der Waals surface area contributed by atoms with Crippen LogP contribution in [0, 0.1) is 10.1 Å². The first-order valence-electron chi connectivity index (χ1n) is 5.44. The highest BCUT2D eigenvalue weighted by atomic mass is 16.6. The second kappa shape index (κ2) is 6.76. The molecule has 0 aromatic carbocycles. The Balaban J connectivity index is 3.04. The minimum absolute atomic E-state index is 0.0849. The number of hydrogen-bond acceptors (Lipinski definition) is 6. The molecule has 19 heavy (non-hydrogen) atoms. The van der Waals surface area contributed by atoms with Crippen LogP contribution in [0.3, 0.4) is 0 Å². The topological polar surface area (TPSA) is 101 Å². The van der Waals surface area contributed by atoms with Crippen molar-refractivity contribution in [2.24, 2.45) is 0 Å². The molecule has 0 saturated carbocycles. The van der Waals surface area contributed by atoms with Crippen molar-refractivity contribution >= 4 is 11.5 Å². The van der Waals surface area contributed by atoms with Crippen molar-refractivity contribution < 1.29 is 19.2 Å². The monoisotopic (exact) mass is 270 g/mol. The average Bonchev–Trinajstić information content (AvgIpc) is 2.35. The average molecular weight is 270 g/mol. The lowest BCUT2D eigenvalue weighted by molar-refractivity contribution is -0.386. The number of ketones is 1. The number of nitro groups is 1. The summed E-state index contributed by atoms with van der Waals surface area (Å²) in [6.45, 7) is 1.66. The molecule has 0 fully saturated rings. The lowest BCUT2D eigenvalue weighted by atomic mass is 10.2. The molecule has 1 aromatic heterocycles. The molecule has 0 aliphatic carbocycles. The molecule has 8 heteroatoms. The highest BCUT2D eigenvalue weighted by Gasteiger charge is 2.18. The molecule has 0 unspecified atom stereocenters. The van der Waals surface area contributed by atoms with E-state index in [1.807, 2.05) is 0 Å². The lowest BCUT2D eigenvalue weighted by Gasteiger charge is -2.08. The number of ether oxygens (including phenoxy) is 2. The van der Waals surface area contributed by atoms with E-state index < -0.39 is 16.2 Å². The maximum Gasteiger partial charge on any atom is 0.334 e. The van der Waals surface area contributed by atoms with E-state index in [0.717, 1.165) is 10.6 Å². The van der Waals surface area contributed by atoms with Gasteiger partial charge in [-0.3, -0.25) is 24.3 Å². The summed E-state index contributed by atoms with van der Waals surface area (Å²) < 4.78 is 10.9. The van der Waals surface area contributed by atoms with Gasteiger partial charge in [0.25, 0.3) is 0 Å². The van der Waals surface area contributed by atoms with Crippen molar-refractivity contribution in [2.45, 2.75) is 13.7 Å². The van der Waals surface area contributed by atoms with Gasteiger partial charge in [-0.25, -0.2) is 0 Å².